The van der Waals surface area contributed by atoms with Crippen LogP contribution >= 0.6 is 0 Å². The highest BCUT2D eigenvalue weighted by Gasteiger charge is 2.08. The van der Waals surface area contributed by atoms with Crippen molar-refractivity contribution in [3.05, 3.63) is 66.9 Å². The third-order valence-electron chi connectivity index (χ3n) is 3.13. The third kappa shape index (κ3) is 3.80. The van der Waals surface area contributed by atoms with E-state index < -0.39 is 0 Å². The van der Waals surface area contributed by atoms with E-state index in [1.54, 1.807) is 36.4 Å². The molecule has 0 aliphatic carbocycles. The van der Waals surface area contributed by atoms with Crippen molar-refractivity contribution in [2.45, 2.75) is 0 Å². The first kappa shape index (κ1) is 15.3. The Hall–Kier alpha value is -3.55. The van der Waals surface area contributed by atoms with Crippen LogP contribution in [-0.2, 0) is 4.79 Å². The number of rotatable bonds is 5. The lowest BCUT2D eigenvalue weighted by Crippen LogP contribution is -2.32. The first-order valence-electron chi connectivity index (χ1n) is 7.16. The van der Waals surface area contributed by atoms with Gasteiger partial charge in [-0.2, -0.15) is 5.10 Å². The lowest BCUT2D eigenvalue weighted by atomic mass is 10.2. The number of amides is 2. The summed E-state index contributed by atoms with van der Waals surface area (Å²) in [6.45, 7) is -0.126. The standard InChI is InChI=1S/C16H14N6O2/c23-15(9-19-16(24)12-4-2-1-3-5-12)21-13-6-7-14(18-8-13)22-11-17-10-20-22/h1-8,10-11H,9H2,(H,19,24)(H,21,23). The summed E-state index contributed by atoms with van der Waals surface area (Å²) in [4.78, 5) is 31.8. The number of benzene rings is 1. The number of nitrogens with zero attached hydrogens (tertiary/aromatic N) is 4. The molecule has 0 saturated heterocycles. The second-order valence-electron chi connectivity index (χ2n) is 4.84. The van der Waals surface area contributed by atoms with Gasteiger partial charge in [0.15, 0.2) is 5.82 Å². The first-order valence-corrected chi connectivity index (χ1v) is 7.16. The molecule has 0 spiro atoms. The molecule has 3 rings (SSSR count). The summed E-state index contributed by atoms with van der Waals surface area (Å²) < 4.78 is 1.51. The van der Waals surface area contributed by atoms with Gasteiger partial charge in [-0.05, 0) is 24.3 Å². The fourth-order valence-corrected chi connectivity index (χ4v) is 1.98. The van der Waals surface area contributed by atoms with Crippen molar-refractivity contribution < 1.29 is 9.59 Å². The van der Waals surface area contributed by atoms with Crippen LogP contribution in [0.25, 0.3) is 5.82 Å². The SMILES string of the molecule is O=C(CNC(=O)c1ccccc1)Nc1ccc(-n2cncn2)nc1. The Kier molecular flexibility index (Phi) is 4.57. The molecule has 8 heteroatoms. The largest absolute Gasteiger partial charge is 0.343 e. The number of pyridine rings is 1. The lowest BCUT2D eigenvalue weighted by Gasteiger charge is -2.07. The highest BCUT2D eigenvalue weighted by molar-refractivity contribution is 5.99. The van der Waals surface area contributed by atoms with Gasteiger partial charge in [-0.3, -0.25) is 9.59 Å². The van der Waals surface area contributed by atoms with Crippen LogP contribution < -0.4 is 10.6 Å². The Bertz CT molecular complexity index is 816. The Morgan fingerprint density at radius 3 is 2.58 bits per heavy atom. The van der Waals surface area contributed by atoms with Gasteiger partial charge in [-0.1, -0.05) is 18.2 Å². The molecule has 0 saturated carbocycles. The zero-order valence-corrected chi connectivity index (χ0v) is 12.6. The average molecular weight is 322 g/mol. The molecule has 0 unspecified atom stereocenters. The van der Waals surface area contributed by atoms with Gasteiger partial charge >= 0.3 is 0 Å². The van der Waals surface area contributed by atoms with Crippen LogP contribution in [0, 0.1) is 0 Å². The lowest BCUT2D eigenvalue weighted by molar-refractivity contribution is -0.115. The number of carbonyl (C=O) groups is 2. The summed E-state index contributed by atoms with van der Waals surface area (Å²) in [5.41, 5.74) is 1.03. The van der Waals surface area contributed by atoms with Crippen LogP contribution in [0.15, 0.2) is 61.3 Å². The molecule has 2 N–H and O–H groups in total. The zero-order valence-electron chi connectivity index (χ0n) is 12.6. The van der Waals surface area contributed by atoms with Gasteiger partial charge in [-0.15, -0.1) is 0 Å². The summed E-state index contributed by atoms with van der Waals surface area (Å²) >= 11 is 0. The van der Waals surface area contributed by atoms with Gasteiger partial charge in [0, 0.05) is 5.56 Å². The maximum atomic E-state index is 11.9. The molecule has 0 bridgehead atoms. The van der Waals surface area contributed by atoms with Crippen molar-refractivity contribution in [2.75, 3.05) is 11.9 Å². The molecule has 2 amide bonds. The second kappa shape index (κ2) is 7.14. The summed E-state index contributed by atoms with van der Waals surface area (Å²) in [5, 5.41) is 9.18. The molecule has 0 radical (unpaired) electrons. The van der Waals surface area contributed by atoms with Crippen molar-refractivity contribution in [2.24, 2.45) is 0 Å². The van der Waals surface area contributed by atoms with Crippen molar-refractivity contribution in [3.8, 4) is 5.82 Å². The van der Waals surface area contributed by atoms with Crippen LogP contribution in [0.4, 0.5) is 5.69 Å². The number of carbonyl (C=O) groups excluding carboxylic acids is 2. The summed E-state index contributed by atoms with van der Waals surface area (Å²) in [6.07, 6.45) is 4.44. The molecule has 24 heavy (non-hydrogen) atoms. The zero-order chi connectivity index (χ0) is 16.8. The summed E-state index contributed by atoms with van der Waals surface area (Å²) in [5.74, 6) is -0.0529. The topological polar surface area (TPSA) is 102 Å². The predicted molar refractivity (Wildman–Crippen MR) is 86.6 cm³/mol. The maximum Gasteiger partial charge on any atom is 0.251 e. The second-order valence-corrected chi connectivity index (χ2v) is 4.84. The predicted octanol–water partition coefficient (Wildman–Crippen LogP) is 1.03. The van der Waals surface area contributed by atoms with Gasteiger partial charge in [0.05, 0.1) is 18.4 Å². The molecule has 1 aromatic carbocycles. The minimum atomic E-state index is -0.338. The van der Waals surface area contributed by atoms with Crippen LogP contribution in [-0.4, -0.2) is 38.1 Å². The highest BCUT2D eigenvalue weighted by Crippen LogP contribution is 2.08. The van der Waals surface area contributed by atoms with Gasteiger partial charge in [0.1, 0.15) is 12.7 Å². The molecule has 0 aliphatic rings. The average Bonchev–Trinajstić information content (AvgIpc) is 3.16. The number of aromatic nitrogens is 4. The Labute approximate surface area is 137 Å². The fourth-order valence-electron chi connectivity index (χ4n) is 1.98. The quantitative estimate of drug-likeness (QED) is 0.730. The van der Waals surface area contributed by atoms with Crippen LogP contribution in [0.1, 0.15) is 10.4 Å². The van der Waals surface area contributed by atoms with E-state index in [0.29, 0.717) is 17.1 Å². The highest BCUT2D eigenvalue weighted by atomic mass is 16.2. The molecule has 2 heterocycles. The van der Waals surface area contributed by atoms with Gasteiger partial charge in [-0.25, -0.2) is 14.6 Å². The van der Waals surface area contributed by atoms with Crippen molar-refractivity contribution in [3.63, 3.8) is 0 Å². The van der Waals surface area contributed by atoms with E-state index in [4.69, 9.17) is 0 Å². The monoisotopic (exact) mass is 322 g/mol. The van der Waals surface area contributed by atoms with Gasteiger partial charge in [0.2, 0.25) is 5.91 Å². The third-order valence-corrected chi connectivity index (χ3v) is 3.13. The van der Waals surface area contributed by atoms with Crippen molar-refractivity contribution in [1.29, 1.82) is 0 Å². The Morgan fingerprint density at radius 1 is 1.08 bits per heavy atom. The molecule has 0 aliphatic heterocycles. The molecule has 3 aromatic rings. The molecular weight excluding hydrogens is 308 g/mol. The number of hydrogen-bond acceptors (Lipinski definition) is 5. The minimum absolute atomic E-state index is 0.126. The number of anilines is 1. The smallest absolute Gasteiger partial charge is 0.251 e. The Balaban J connectivity index is 1.52. The molecule has 0 fully saturated rings. The summed E-state index contributed by atoms with van der Waals surface area (Å²) in [6, 6.07) is 12.1. The van der Waals surface area contributed by atoms with Crippen LogP contribution in [0.3, 0.4) is 0 Å². The van der Waals surface area contributed by atoms with E-state index in [1.807, 2.05) is 6.07 Å². The van der Waals surface area contributed by atoms with Gasteiger partial charge < -0.3 is 10.6 Å². The molecular formula is C16H14N6O2. The molecule has 8 nitrogen and oxygen atoms in total. The van der Waals surface area contributed by atoms with Crippen LogP contribution in [0.2, 0.25) is 0 Å². The normalized spacial score (nSPS) is 10.2. The van der Waals surface area contributed by atoms with Gasteiger partial charge in [0.25, 0.3) is 5.91 Å². The Morgan fingerprint density at radius 2 is 1.92 bits per heavy atom. The van der Waals surface area contributed by atoms with E-state index in [2.05, 4.69) is 25.7 Å². The van der Waals surface area contributed by atoms with E-state index in [-0.39, 0.29) is 18.4 Å². The molecule has 0 atom stereocenters. The maximum absolute atomic E-state index is 11.9. The summed E-state index contributed by atoms with van der Waals surface area (Å²) in [7, 11) is 0. The fraction of sp³-hybridized carbons (Fsp3) is 0.0625. The molecule has 120 valence electrons. The van der Waals surface area contributed by atoms with Crippen LogP contribution in [0.5, 0.6) is 0 Å². The van der Waals surface area contributed by atoms with Crippen molar-refractivity contribution in [1.82, 2.24) is 25.1 Å². The number of nitrogens with one attached hydrogen (secondary N) is 2. The van der Waals surface area contributed by atoms with E-state index in [0.717, 1.165) is 0 Å². The van der Waals surface area contributed by atoms with E-state index in [9.17, 15) is 9.59 Å². The van der Waals surface area contributed by atoms with Crippen molar-refractivity contribution >= 4 is 17.5 Å². The van der Waals surface area contributed by atoms with E-state index in [1.165, 1.54) is 23.5 Å². The number of hydrogen-bond donors (Lipinski definition) is 2. The molecule has 2 aromatic heterocycles. The minimum Gasteiger partial charge on any atom is -0.343 e. The van der Waals surface area contributed by atoms with E-state index >= 15 is 0 Å². The first-order chi connectivity index (χ1) is 11.7.